The molecule has 1 saturated carbocycles. The van der Waals surface area contributed by atoms with Gasteiger partial charge in [0.1, 0.15) is 0 Å². The second-order valence-corrected chi connectivity index (χ2v) is 4.30. The van der Waals surface area contributed by atoms with Crippen molar-refractivity contribution in [3.05, 3.63) is 0 Å². The van der Waals surface area contributed by atoms with Gasteiger partial charge in [0.25, 0.3) is 0 Å². The third kappa shape index (κ3) is 2.00. The smallest absolute Gasteiger partial charge is 0.0386 e. The van der Waals surface area contributed by atoms with Crippen LogP contribution in [0, 0.1) is 17.8 Å². The van der Waals surface area contributed by atoms with Crippen LogP contribution >= 0.6 is 0 Å². The van der Waals surface area contributed by atoms with Crippen LogP contribution in [0.4, 0.5) is 0 Å². The van der Waals surface area contributed by atoms with Gasteiger partial charge in [-0.2, -0.15) is 0 Å². The summed E-state index contributed by atoms with van der Waals surface area (Å²) >= 11 is 0. The summed E-state index contributed by atoms with van der Waals surface area (Å²) < 4.78 is 0. The van der Waals surface area contributed by atoms with E-state index in [0.717, 1.165) is 17.8 Å². The van der Waals surface area contributed by atoms with Gasteiger partial charge < -0.3 is 0 Å². The second kappa shape index (κ2) is 3.41. The van der Waals surface area contributed by atoms with Crippen molar-refractivity contribution >= 4 is 0 Å². The maximum atomic E-state index is 2.42. The molecule has 0 unspecified atom stereocenters. The second-order valence-electron chi connectivity index (χ2n) is 4.30. The van der Waals surface area contributed by atoms with Crippen LogP contribution in [0.25, 0.3) is 0 Å². The molecule has 60 valence electrons. The fourth-order valence-corrected chi connectivity index (χ4v) is 2.18. The van der Waals surface area contributed by atoms with Crippen LogP contribution in [0.2, 0.25) is 0 Å². The van der Waals surface area contributed by atoms with Crippen molar-refractivity contribution in [3.63, 3.8) is 0 Å². The van der Waals surface area contributed by atoms with Gasteiger partial charge in [-0.05, 0) is 24.2 Å². The Balaban J connectivity index is 2.26. The highest BCUT2D eigenvalue weighted by Gasteiger charge is 2.23. The molecule has 0 radical (unpaired) electrons. The molecule has 0 nitrogen and oxygen atoms in total. The summed E-state index contributed by atoms with van der Waals surface area (Å²) in [4.78, 5) is 0. The Morgan fingerprint density at radius 3 is 2.40 bits per heavy atom. The Morgan fingerprint density at radius 1 is 1.30 bits per heavy atom. The Hall–Kier alpha value is 0. The van der Waals surface area contributed by atoms with Crippen molar-refractivity contribution in [2.45, 2.75) is 46.5 Å². The van der Waals surface area contributed by atoms with E-state index in [1.807, 2.05) is 0 Å². The van der Waals surface area contributed by atoms with E-state index in [9.17, 15) is 0 Å². The van der Waals surface area contributed by atoms with Crippen molar-refractivity contribution < 1.29 is 0 Å². The predicted molar refractivity (Wildman–Crippen MR) is 46.0 cm³/mol. The molecule has 0 spiro atoms. The molecule has 0 saturated heterocycles. The molecule has 0 heteroatoms. The van der Waals surface area contributed by atoms with Crippen LogP contribution in [0.3, 0.4) is 0 Å². The van der Waals surface area contributed by atoms with Crippen LogP contribution in [-0.2, 0) is 0 Å². The lowest BCUT2D eigenvalue weighted by Crippen LogP contribution is -2.06. The Morgan fingerprint density at radius 2 is 2.00 bits per heavy atom. The molecule has 0 aromatic heterocycles. The fraction of sp³-hybridized carbons (Fsp3) is 1.00. The number of hydrogen-bond donors (Lipinski definition) is 0. The van der Waals surface area contributed by atoms with Gasteiger partial charge in [-0.1, -0.05) is 40.0 Å². The minimum Gasteiger partial charge on any atom is -0.0628 e. The third-order valence-electron chi connectivity index (χ3n) is 2.81. The molecule has 10 heavy (non-hydrogen) atoms. The average Bonchev–Trinajstić information content (AvgIpc) is 2.15. The summed E-state index contributed by atoms with van der Waals surface area (Å²) in [5.74, 6) is 2.98. The first-order chi connectivity index (χ1) is 4.70. The lowest BCUT2D eigenvalue weighted by atomic mass is 9.89. The fourth-order valence-electron chi connectivity index (χ4n) is 2.18. The maximum absolute atomic E-state index is 2.42. The molecule has 0 N–H and O–H groups in total. The zero-order valence-corrected chi connectivity index (χ0v) is 7.56. The summed E-state index contributed by atoms with van der Waals surface area (Å²) in [6.45, 7) is 7.09. The molecule has 0 heterocycles. The third-order valence-corrected chi connectivity index (χ3v) is 2.81. The lowest BCUT2D eigenvalue weighted by molar-refractivity contribution is 0.343. The minimum absolute atomic E-state index is 0.908. The van der Waals surface area contributed by atoms with Crippen LogP contribution in [0.15, 0.2) is 0 Å². The van der Waals surface area contributed by atoms with Crippen molar-refractivity contribution in [2.75, 3.05) is 0 Å². The van der Waals surface area contributed by atoms with Crippen LogP contribution in [0.5, 0.6) is 0 Å². The first-order valence-electron chi connectivity index (χ1n) is 4.70. The normalized spacial score (nSPS) is 33.6. The van der Waals surface area contributed by atoms with E-state index in [1.54, 1.807) is 0 Å². The lowest BCUT2D eigenvalue weighted by Gasteiger charge is -2.16. The van der Waals surface area contributed by atoms with Gasteiger partial charge in [-0.3, -0.25) is 0 Å². The maximum Gasteiger partial charge on any atom is -0.0386 e. The van der Waals surface area contributed by atoms with Gasteiger partial charge in [0, 0.05) is 0 Å². The molecule has 0 aromatic rings. The largest absolute Gasteiger partial charge is 0.0628 e. The van der Waals surface area contributed by atoms with Gasteiger partial charge in [-0.25, -0.2) is 0 Å². The first-order valence-corrected chi connectivity index (χ1v) is 4.70. The summed E-state index contributed by atoms with van der Waals surface area (Å²) in [7, 11) is 0. The average molecular weight is 140 g/mol. The predicted octanol–water partition coefficient (Wildman–Crippen LogP) is 3.47. The molecule has 0 aromatic carbocycles. The Labute approximate surface area is 65.0 Å². The van der Waals surface area contributed by atoms with Gasteiger partial charge >= 0.3 is 0 Å². The summed E-state index contributed by atoms with van der Waals surface area (Å²) in [5, 5.41) is 0. The number of hydrogen-bond acceptors (Lipinski definition) is 0. The summed E-state index contributed by atoms with van der Waals surface area (Å²) in [6, 6.07) is 0. The molecular weight excluding hydrogens is 120 g/mol. The van der Waals surface area contributed by atoms with Crippen molar-refractivity contribution in [2.24, 2.45) is 17.8 Å². The molecule has 1 rings (SSSR count). The van der Waals surface area contributed by atoms with E-state index >= 15 is 0 Å². The van der Waals surface area contributed by atoms with Crippen LogP contribution in [0.1, 0.15) is 46.5 Å². The Kier molecular flexibility index (Phi) is 2.76. The van der Waals surface area contributed by atoms with Crippen LogP contribution < -0.4 is 0 Å². The molecule has 0 aliphatic heterocycles. The summed E-state index contributed by atoms with van der Waals surface area (Å²) in [5.41, 5.74) is 0. The van der Waals surface area contributed by atoms with Crippen molar-refractivity contribution in [1.82, 2.24) is 0 Å². The minimum atomic E-state index is 0.908. The molecule has 2 atom stereocenters. The van der Waals surface area contributed by atoms with Gasteiger partial charge in [-0.15, -0.1) is 0 Å². The zero-order valence-electron chi connectivity index (χ0n) is 7.56. The number of rotatable bonds is 2. The highest BCUT2D eigenvalue weighted by molar-refractivity contribution is 4.74. The van der Waals surface area contributed by atoms with Gasteiger partial charge in [0.15, 0.2) is 0 Å². The van der Waals surface area contributed by atoms with E-state index in [-0.39, 0.29) is 0 Å². The zero-order chi connectivity index (χ0) is 7.56. The van der Waals surface area contributed by atoms with Crippen molar-refractivity contribution in [1.29, 1.82) is 0 Å². The molecule has 1 aliphatic rings. The monoisotopic (exact) mass is 140 g/mol. The van der Waals surface area contributed by atoms with Gasteiger partial charge in [0.2, 0.25) is 0 Å². The van der Waals surface area contributed by atoms with E-state index in [0.29, 0.717) is 0 Å². The quantitative estimate of drug-likeness (QED) is 0.551. The molecule has 1 aliphatic carbocycles. The highest BCUT2D eigenvalue weighted by Crippen LogP contribution is 2.35. The molecule has 0 bridgehead atoms. The molecule has 0 amide bonds. The SMILES string of the molecule is CC(C)C[C@@H]1CCC[C@@H]1C. The highest BCUT2D eigenvalue weighted by atomic mass is 14.3. The van der Waals surface area contributed by atoms with E-state index < -0.39 is 0 Å². The first kappa shape index (κ1) is 8.10. The molecule has 1 fully saturated rings. The van der Waals surface area contributed by atoms with E-state index in [4.69, 9.17) is 0 Å². The van der Waals surface area contributed by atoms with Crippen molar-refractivity contribution in [3.8, 4) is 0 Å². The standard InChI is InChI=1S/C10H20/c1-8(2)7-10-6-4-5-9(10)3/h8-10H,4-7H2,1-3H3/t9-,10-/m0/s1. The van der Waals surface area contributed by atoms with Crippen LogP contribution in [-0.4, -0.2) is 0 Å². The summed E-state index contributed by atoms with van der Waals surface area (Å²) in [6.07, 6.45) is 5.93. The van der Waals surface area contributed by atoms with E-state index in [2.05, 4.69) is 20.8 Å². The van der Waals surface area contributed by atoms with Gasteiger partial charge in [0.05, 0.1) is 0 Å². The van der Waals surface area contributed by atoms with E-state index in [1.165, 1.54) is 25.7 Å². The topological polar surface area (TPSA) is 0 Å². The Bertz CT molecular complexity index is 94.2. The molecular formula is C10H20.